The van der Waals surface area contributed by atoms with Gasteiger partial charge in [-0.15, -0.1) is 0 Å². The second kappa shape index (κ2) is 8.31. The maximum atomic E-state index is 12.8. The van der Waals surface area contributed by atoms with E-state index in [1.165, 1.54) is 0 Å². The Hall–Kier alpha value is -2.41. The zero-order chi connectivity index (χ0) is 18.5. The number of amides is 2. The summed E-state index contributed by atoms with van der Waals surface area (Å²) in [5.74, 6) is -3.10. The maximum Gasteiger partial charge on any atom is 0.256 e. The van der Waals surface area contributed by atoms with Crippen molar-refractivity contribution in [2.45, 2.75) is 25.7 Å². The summed E-state index contributed by atoms with van der Waals surface area (Å²) < 4.78 is 5.27. The van der Waals surface area contributed by atoms with Crippen LogP contribution in [0.2, 0.25) is 0 Å². The number of ether oxygens (including phenoxy) is 1. The first-order valence-corrected chi connectivity index (χ1v) is 9.05. The first-order valence-electron chi connectivity index (χ1n) is 9.05. The van der Waals surface area contributed by atoms with Gasteiger partial charge < -0.3 is 24.9 Å². The molecule has 1 aliphatic carbocycles. The number of para-hydroxylation sites is 1. The third-order valence-electron chi connectivity index (χ3n) is 5.12. The van der Waals surface area contributed by atoms with E-state index >= 15 is 0 Å². The van der Waals surface area contributed by atoms with E-state index in [1.807, 2.05) is 0 Å². The van der Waals surface area contributed by atoms with Crippen LogP contribution in [0.1, 0.15) is 36.0 Å². The fourth-order valence-electron chi connectivity index (χ4n) is 3.67. The smallest absolute Gasteiger partial charge is 0.256 e. The summed E-state index contributed by atoms with van der Waals surface area (Å²) in [5, 5.41) is 14.1. The number of anilines is 1. The van der Waals surface area contributed by atoms with E-state index in [2.05, 4.69) is 5.32 Å². The van der Waals surface area contributed by atoms with Gasteiger partial charge in [-0.3, -0.25) is 9.59 Å². The third kappa shape index (κ3) is 4.04. The van der Waals surface area contributed by atoms with Crippen LogP contribution in [0.3, 0.4) is 0 Å². The monoisotopic (exact) mass is 359 g/mol. The summed E-state index contributed by atoms with van der Waals surface area (Å²) in [6, 6.07) is 6.82. The molecule has 1 heterocycles. The van der Waals surface area contributed by atoms with Crippen molar-refractivity contribution < 1.29 is 24.2 Å². The number of hydrogen-bond acceptors (Lipinski definition) is 5. The molecule has 2 aliphatic rings. The van der Waals surface area contributed by atoms with Gasteiger partial charge >= 0.3 is 0 Å². The summed E-state index contributed by atoms with van der Waals surface area (Å²) in [4.78, 5) is 38.5. The number of morpholine rings is 1. The first-order chi connectivity index (χ1) is 12.6. The number of carbonyl (C=O) groups excluding carboxylic acids is 3. The Balaban J connectivity index is 1.76. The molecule has 1 saturated heterocycles. The van der Waals surface area contributed by atoms with Gasteiger partial charge in [0.2, 0.25) is 5.91 Å². The van der Waals surface area contributed by atoms with Crippen molar-refractivity contribution in [3.63, 3.8) is 0 Å². The van der Waals surface area contributed by atoms with Gasteiger partial charge in [0.15, 0.2) is 0 Å². The number of carboxylic acids is 1. The largest absolute Gasteiger partial charge is 0.550 e. The number of nitrogens with zero attached hydrogens (tertiary/aromatic N) is 1. The van der Waals surface area contributed by atoms with Crippen molar-refractivity contribution in [1.29, 1.82) is 0 Å². The van der Waals surface area contributed by atoms with Crippen LogP contribution >= 0.6 is 0 Å². The summed E-state index contributed by atoms with van der Waals surface area (Å²) in [6.07, 6.45) is 2.57. The van der Waals surface area contributed by atoms with Crippen LogP contribution in [0, 0.1) is 11.8 Å². The van der Waals surface area contributed by atoms with Gasteiger partial charge in [-0.1, -0.05) is 25.0 Å². The number of aliphatic carboxylic acids is 1. The number of nitrogens with one attached hydrogen (secondary N) is 1. The Kier molecular flexibility index (Phi) is 5.88. The van der Waals surface area contributed by atoms with Gasteiger partial charge in [0.05, 0.1) is 24.5 Å². The molecular formula is C19H23N2O5-. The fraction of sp³-hybridized carbons (Fsp3) is 0.526. The standard InChI is InChI=1S/C19H24N2O5/c22-17(13-5-1-2-6-14(13)19(24)25)20-16-8-4-3-7-15(16)18(23)21-9-11-26-12-10-21/h3-4,7-8,13-14H,1-2,5-6,9-12H2,(H,20,22)(H,24,25)/p-1/t13-,14-/m1/s1. The normalized spacial score (nSPS) is 23.3. The van der Waals surface area contributed by atoms with Crippen molar-refractivity contribution in [2.75, 3.05) is 31.6 Å². The van der Waals surface area contributed by atoms with Crippen LogP contribution in [0.4, 0.5) is 5.69 Å². The number of rotatable bonds is 4. The Morgan fingerprint density at radius 3 is 2.38 bits per heavy atom. The van der Waals surface area contributed by atoms with Gasteiger partial charge in [-0.2, -0.15) is 0 Å². The van der Waals surface area contributed by atoms with E-state index in [4.69, 9.17) is 4.74 Å². The average molecular weight is 359 g/mol. The molecule has 2 amide bonds. The van der Waals surface area contributed by atoms with Gasteiger partial charge in [-0.05, 0) is 25.0 Å². The highest BCUT2D eigenvalue weighted by Gasteiger charge is 2.32. The zero-order valence-electron chi connectivity index (χ0n) is 14.6. The van der Waals surface area contributed by atoms with Crippen molar-refractivity contribution in [2.24, 2.45) is 11.8 Å². The molecule has 7 nitrogen and oxygen atoms in total. The molecule has 2 atom stereocenters. The molecule has 1 aromatic carbocycles. The zero-order valence-corrected chi connectivity index (χ0v) is 14.6. The molecule has 0 spiro atoms. The Labute approximate surface area is 152 Å². The predicted molar refractivity (Wildman–Crippen MR) is 92.2 cm³/mol. The fourth-order valence-corrected chi connectivity index (χ4v) is 3.67. The minimum Gasteiger partial charge on any atom is -0.550 e. The highest BCUT2D eigenvalue weighted by molar-refractivity contribution is 6.04. The molecule has 0 radical (unpaired) electrons. The molecule has 1 saturated carbocycles. The van der Waals surface area contributed by atoms with E-state index in [0.717, 1.165) is 12.8 Å². The average Bonchev–Trinajstić information content (AvgIpc) is 2.68. The van der Waals surface area contributed by atoms with E-state index in [9.17, 15) is 19.5 Å². The Morgan fingerprint density at radius 1 is 1.04 bits per heavy atom. The molecule has 1 aliphatic heterocycles. The molecule has 7 heteroatoms. The van der Waals surface area contributed by atoms with Crippen LogP contribution in [0.25, 0.3) is 0 Å². The van der Waals surface area contributed by atoms with E-state index in [-0.39, 0.29) is 11.8 Å². The number of benzene rings is 1. The summed E-state index contributed by atoms with van der Waals surface area (Å²) in [5.41, 5.74) is 0.820. The lowest BCUT2D eigenvalue weighted by molar-refractivity contribution is -0.313. The third-order valence-corrected chi connectivity index (χ3v) is 5.12. The molecule has 2 fully saturated rings. The summed E-state index contributed by atoms with van der Waals surface area (Å²) >= 11 is 0. The van der Waals surface area contributed by atoms with Crippen LogP contribution in [0.5, 0.6) is 0 Å². The van der Waals surface area contributed by atoms with Crippen molar-refractivity contribution >= 4 is 23.5 Å². The highest BCUT2D eigenvalue weighted by atomic mass is 16.5. The molecule has 1 aromatic rings. The number of carbonyl (C=O) groups is 3. The van der Waals surface area contributed by atoms with Gasteiger partial charge in [0, 0.05) is 30.9 Å². The molecule has 0 bridgehead atoms. The van der Waals surface area contributed by atoms with Crippen molar-refractivity contribution in [1.82, 2.24) is 4.90 Å². The van der Waals surface area contributed by atoms with E-state index in [0.29, 0.717) is 50.4 Å². The van der Waals surface area contributed by atoms with Crippen molar-refractivity contribution in [3.8, 4) is 0 Å². The minimum atomic E-state index is -1.18. The van der Waals surface area contributed by atoms with Gasteiger partial charge in [0.25, 0.3) is 5.91 Å². The topological polar surface area (TPSA) is 98.8 Å². The number of hydrogen-bond donors (Lipinski definition) is 1. The molecule has 26 heavy (non-hydrogen) atoms. The van der Waals surface area contributed by atoms with Gasteiger partial charge in [0.1, 0.15) is 0 Å². The van der Waals surface area contributed by atoms with Crippen LogP contribution in [-0.4, -0.2) is 49.0 Å². The maximum absolute atomic E-state index is 12.8. The lowest BCUT2D eigenvalue weighted by Crippen LogP contribution is -2.43. The minimum absolute atomic E-state index is 0.163. The van der Waals surface area contributed by atoms with Gasteiger partial charge in [-0.25, -0.2) is 0 Å². The molecule has 0 aromatic heterocycles. The molecule has 0 unspecified atom stereocenters. The molecule has 1 N–H and O–H groups in total. The summed E-state index contributed by atoms with van der Waals surface area (Å²) in [7, 11) is 0. The Bertz CT molecular complexity index is 684. The Morgan fingerprint density at radius 2 is 1.69 bits per heavy atom. The lowest BCUT2D eigenvalue weighted by atomic mass is 9.78. The summed E-state index contributed by atoms with van der Waals surface area (Å²) in [6.45, 7) is 2.01. The van der Waals surface area contributed by atoms with Crippen molar-refractivity contribution in [3.05, 3.63) is 29.8 Å². The quantitative estimate of drug-likeness (QED) is 0.851. The second-order valence-corrected chi connectivity index (χ2v) is 6.76. The predicted octanol–water partition coefficient (Wildman–Crippen LogP) is 0.654. The van der Waals surface area contributed by atoms with Crippen LogP contribution in [0.15, 0.2) is 24.3 Å². The molecule has 3 rings (SSSR count). The molecule has 140 valence electrons. The highest BCUT2D eigenvalue weighted by Crippen LogP contribution is 2.31. The molecular weight excluding hydrogens is 336 g/mol. The number of carboxylic acid groups (broad SMARTS) is 1. The SMILES string of the molecule is O=C([O-])[C@@H]1CCCC[C@H]1C(=O)Nc1ccccc1C(=O)N1CCOCC1. The second-order valence-electron chi connectivity index (χ2n) is 6.76. The van der Waals surface area contributed by atoms with E-state index in [1.54, 1.807) is 29.2 Å². The first kappa shape index (κ1) is 18.4. The van der Waals surface area contributed by atoms with Crippen LogP contribution < -0.4 is 10.4 Å². The lowest BCUT2D eigenvalue weighted by Gasteiger charge is -2.31. The van der Waals surface area contributed by atoms with Crippen LogP contribution in [-0.2, 0) is 14.3 Å². The van der Waals surface area contributed by atoms with E-state index < -0.39 is 17.8 Å².